The van der Waals surface area contributed by atoms with Crippen molar-refractivity contribution in [3.63, 3.8) is 0 Å². The summed E-state index contributed by atoms with van der Waals surface area (Å²) in [5, 5.41) is 48.9. The molecule has 0 heterocycles. The predicted molar refractivity (Wildman–Crippen MR) is 108 cm³/mol. The maximum atomic E-state index is 13.1. The van der Waals surface area contributed by atoms with E-state index in [1.54, 1.807) is 0 Å². The second kappa shape index (κ2) is 8.73. The van der Waals surface area contributed by atoms with E-state index in [-0.39, 0.29) is 5.92 Å². The van der Waals surface area contributed by atoms with Gasteiger partial charge in [-0.3, -0.25) is 4.79 Å². The van der Waals surface area contributed by atoms with E-state index in [1.807, 2.05) is 43.3 Å². The number of hydrogen-bond donors (Lipinski definition) is 5. The summed E-state index contributed by atoms with van der Waals surface area (Å²) >= 11 is 0. The molecule has 6 heteroatoms. The number of aliphatic hydroxyl groups is 5. The number of hydrogen-bond acceptors (Lipinski definition) is 6. The molecule has 29 heavy (non-hydrogen) atoms. The smallest absolute Gasteiger partial charge is 0.172 e. The lowest BCUT2D eigenvalue weighted by Gasteiger charge is -2.41. The van der Waals surface area contributed by atoms with Crippen molar-refractivity contribution in [2.24, 2.45) is 0 Å². The number of rotatable bonds is 8. The van der Waals surface area contributed by atoms with Crippen molar-refractivity contribution < 1.29 is 30.3 Å². The van der Waals surface area contributed by atoms with Crippen LogP contribution in [0.25, 0.3) is 0 Å². The van der Waals surface area contributed by atoms with Crippen LogP contribution >= 0.6 is 0 Å². The molecule has 2 aromatic carbocycles. The summed E-state index contributed by atoms with van der Waals surface area (Å²) in [6.07, 6.45) is -6.41. The van der Waals surface area contributed by atoms with Crippen molar-refractivity contribution in [1.82, 2.24) is 0 Å². The molecule has 156 valence electrons. The van der Waals surface area contributed by atoms with Crippen LogP contribution in [0.1, 0.15) is 46.6 Å². The van der Waals surface area contributed by atoms with Gasteiger partial charge in [-0.25, -0.2) is 0 Å². The Morgan fingerprint density at radius 1 is 0.966 bits per heavy atom. The minimum Gasteiger partial charge on any atom is -0.394 e. The van der Waals surface area contributed by atoms with Crippen LogP contribution in [0, 0.1) is 6.92 Å². The number of fused-ring (bicyclic) bond motifs is 1. The number of carbonyl (C=O) groups excluding carboxylic acids is 1. The van der Waals surface area contributed by atoms with Crippen LogP contribution in [0.3, 0.4) is 0 Å². The summed E-state index contributed by atoms with van der Waals surface area (Å²) in [5.41, 5.74) is 4.99. The third-order valence-corrected chi connectivity index (χ3v) is 5.85. The maximum absolute atomic E-state index is 13.1. The van der Waals surface area contributed by atoms with E-state index in [4.69, 9.17) is 5.11 Å². The van der Waals surface area contributed by atoms with E-state index in [0.717, 1.165) is 34.2 Å². The minimum atomic E-state index is -1.90. The largest absolute Gasteiger partial charge is 0.394 e. The van der Waals surface area contributed by atoms with Crippen molar-refractivity contribution in [2.75, 3.05) is 6.61 Å². The third kappa shape index (κ3) is 3.99. The summed E-state index contributed by atoms with van der Waals surface area (Å²) in [7, 11) is 0. The molecule has 0 bridgehead atoms. The molecule has 0 radical (unpaired) electrons. The van der Waals surface area contributed by atoms with Crippen molar-refractivity contribution in [2.45, 2.75) is 56.5 Å². The fraction of sp³-hybridized carbons (Fsp3) is 0.435. The first kappa shape index (κ1) is 21.6. The average Bonchev–Trinajstić information content (AvgIpc) is 2.73. The molecule has 1 aliphatic rings. The van der Waals surface area contributed by atoms with Gasteiger partial charge in [0, 0.05) is 5.92 Å². The molecule has 0 fully saturated rings. The molecular formula is C23H28O6. The van der Waals surface area contributed by atoms with E-state index < -0.39 is 42.7 Å². The zero-order valence-electron chi connectivity index (χ0n) is 16.6. The number of aryl methyl sites for hydroxylation is 2. The van der Waals surface area contributed by atoms with Gasteiger partial charge in [0.25, 0.3) is 0 Å². The first-order valence-corrected chi connectivity index (χ1v) is 9.86. The number of aliphatic hydroxyl groups excluding tert-OH is 5. The van der Waals surface area contributed by atoms with Gasteiger partial charge in [-0.05, 0) is 35.6 Å². The van der Waals surface area contributed by atoms with Gasteiger partial charge in [0.2, 0.25) is 0 Å². The molecule has 0 saturated heterocycles. The van der Waals surface area contributed by atoms with Crippen LogP contribution in [-0.2, 0) is 11.2 Å². The Balaban J connectivity index is 1.94. The van der Waals surface area contributed by atoms with Crippen LogP contribution in [0.2, 0.25) is 0 Å². The topological polar surface area (TPSA) is 118 Å². The molecule has 0 amide bonds. The van der Waals surface area contributed by atoms with Gasteiger partial charge in [-0.15, -0.1) is 0 Å². The van der Waals surface area contributed by atoms with Crippen molar-refractivity contribution in [1.29, 1.82) is 0 Å². The predicted octanol–water partition coefficient (Wildman–Crippen LogP) is 0.792. The fourth-order valence-corrected chi connectivity index (χ4v) is 4.00. The second-order valence-corrected chi connectivity index (χ2v) is 7.76. The van der Waals surface area contributed by atoms with Crippen LogP contribution < -0.4 is 0 Å². The highest BCUT2D eigenvalue weighted by atomic mass is 16.4. The highest BCUT2D eigenvalue weighted by molar-refractivity contribution is 5.94. The Labute approximate surface area is 170 Å². The molecular weight excluding hydrogens is 372 g/mol. The van der Waals surface area contributed by atoms with E-state index in [0.29, 0.717) is 0 Å². The molecule has 0 saturated carbocycles. The van der Waals surface area contributed by atoms with E-state index in [2.05, 4.69) is 13.0 Å². The zero-order valence-corrected chi connectivity index (χ0v) is 16.6. The number of Topliss-reactive ketones (excluding diaryl/α,β-unsaturated/α-hetero) is 1. The number of ketones is 1. The lowest BCUT2D eigenvalue weighted by atomic mass is 9.62. The summed E-state index contributed by atoms with van der Waals surface area (Å²) in [5.74, 6) is -1.54. The SMILES string of the molecule is CCc1ccc2c(c1)C(c1ccc(C)cc1)C2C(=O)[C@H](O)[C@@H](O)[C@H](O)[C@H](O)CO. The lowest BCUT2D eigenvalue weighted by molar-refractivity contribution is -0.149. The third-order valence-electron chi connectivity index (χ3n) is 5.85. The van der Waals surface area contributed by atoms with Gasteiger partial charge < -0.3 is 25.5 Å². The fourth-order valence-electron chi connectivity index (χ4n) is 4.00. The minimum absolute atomic E-state index is 0.258. The van der Waals surface area contributed by atoms with Gasteiger partial charge >= 0.3 is 0 Å². The summed E-state index contributed by atoms with van der Waals surface area (Å²) in [6, 6.07) is 13.7. The van der Waals surface area contributed by atoms with Crippen LogP contribution in [0.4, 0.5) is 0 Å². The molecule has 0 aliphatic heterocycles. The first-order valence-electron chi connectivity index (χ1n) is 9.86. The van der Waals surface area contributed by atoms with Crippen molar-refractivity contribution >= 4 is 5.78 Å². The lowest BCUT2D eigenvalue weighted by Crippen LogP contribution is -2.51. The van der Waals surface area contributed by atoms with Crippen LogP contribution in [-0.4, -0.2) is 62.3 Å². The normalized spacial score (nSPS) is 22.2. The molecule has 2 unspecified atom stereocenters. The Morgan fingerprint density at radius 3 is 2.21 bits per heavy atom. The van der Waals surface area contributed by atoms with Gasteiger partial charge in [-0.2, -0.15) is 0 Å². The van der Waals surface area contributed by atoms with E-state index >= 15 is 0 Å². The van der Waals surface area contributed by atoms with Gasteiger partial charge in [0.05, 0.1) is 12.5 Å². The van der Waals surface area contributed by atoms with E-state index in [9.17, 15) is 25.2 Å². The van der Waals surface area contributed by atoms with Crippen molar-refractivity contribution in [3.8, 4) is 0 Å². The van der Waals surface area contributed by atoms with Crippen molar-refractivity contribution in [3.05, 3.63) is 70.3 Å². The Hall–Kier alpha value is -2.09. The zero-order chi connectivity index (χ0) is 21.3. The van der Waals surface area contributed by atoms with Crippen LogP contribution in [0.5, 0.6) is 0 Å². The average molecular weight is 400 g/mol. The van der Waals surface area contributed by atoms with E-state index in [1.165, 1.54) is 0 Å². The highest BCUT2D eigenvalue weighted by Crippen LogP contribution is 2.51. The van der Waals surface area contributed by atoms with Crippen LogP contribution in [0.15, 0.2) is 42.5 Å². The standard InChI is InChI=1S/C23H28O6/c1-3-13-6-9-15-16(10-13)18(14-7-4-12(2)5-8-14)19(15)21(27)23(29)22(28)20(26)17(25)11-24/h4-10,17-20,22-26,28-29H,3,11H2,1-2H3/t17-,18?,19?,20-,22+,23+/m1/s1. The molecule has 6 nitrogen and oxygen atoms in total. The molecule has 3 rings (SSSR count). The summed E-state index contributed by atoms with van der Waals surface area (Å²) in [6.45, 7) is 3.24. The molecule has 2 aromatic rings. The summed E-state index contributed by atoms with van der Waals surface area (Å²) in [4.78, 5) is 13.1. The second-order valence-electron chi connectivity index (χ2n) is 7.76. The van der Waals surface area contributed by atoms with Gasteiger partial charge in [0.15, 0.2) is 5.78 Å². The molecule has 5 N–H and O–H groups in total. The maximum Gasteiger partial charge on any atom is 0.172 e. The number of benzene rings is 2. The summed E-state index contributed by atoms with van der Waals surface area (Å²) < 4.78 is 0. The number of carbonyl (C=O) groups is 1. The quantitative estimate of drug-likeness (QED) is 0.447. The highest BCUT2D eigenvalue weighted by Gasteiger charge is 2.47. The molecule has 0 spiro atoms. The Bertz CT molecular complexity index is 862. The van der Waals surface area contributed by atoms with Gasteiger partial charge in [-0.1, -0.05) is 55.0 Å². The molecule has 0 aromatic heterocycles. The molecule has 6 atom stereocenters. The first-order chi connectivity index (χ1) is 13.8. The Kier molecular flexibility index (Phi) is 6.51. The van der Waals surface area contributed by atoms with Gasteiger partial charge in [0.1, 0.15) is 24.4 Å². The monoisotopic (exact) mass is 400 g/mol. The molecule has 1 aliphatic carbocycles. The Morgan fingerprint density at radius 2 is 1.62 bits per heavy atom.